The molecule has 0 aliphatic rings. The van der Waals surface area contributed by atoms with Gasteiger partial charge < -0.3 is 0 Å². The predicted octanol–water partition coefficient (Wildman–Crippen LogP) is 9.75. The van der Waals surface area contributed by atoms with Crippen LogP contribution < -0.4 is 0 Å². The first-order chi connectivity index (χ1) is 11.5. The molecule has 0 heteroatoms. The minimum absolute atomic E-state index is 0.969. The smallest absolute Gasteiger partial charge is 0.0401 e. The Morgan fingerprint density at radius 2 is 1.21 bits per heavy atom. The van der Waals surface area contributed by atoms with Crippen molar-refractivity contribution in [1.82, 2.24) is 0 Å². The Hall–Kier alpha value is -0.520. The highest BCUT2D eigenvalue weighted by Crippen LogP contribution is 2.13. The van der Waals surface area contributed by atoms with Gasteiger partial charge in [-0.05, 0) is 19.8 Å². The zero-order chi connectivity index (χ0) is 19.6. The van der Waals surface area contributed by atoms with Crippen LogP contribution in [0.25, 0.3) is 0 Å². The van der Waals surface area contributed by atoms with Crippen LogP contribution in [0.5, 0.6) is 0 Å². The molecule has 0 aromatic carbocycles. The Bertz CT molecular complexity index is 208. The molecule has 1 unspecified atom stereocenters. The highest BCUT2D eigenvalue weighted by atomic mass is 14.0. The van der Waals surface area contributed by atoms with E-state index in [1.54, 1.807) is 0 Å². The van der Waals surface area contributed by atoms with Gasteiger partial charge in [0.25, 0.3) is 0 Å². The molecular weight excluding hydrogens is 288 g/mol. The van der Waals surface area contributed by atoms with Crippen molar-refractivity contribution in [3.05, 3.63) is 24.3 Å². The van der Waals surface area contributed by atoms with Crippen LogP contribution in [-0.2, 0) is 0 Å². The third-order valence-electron chi connectivity index (χ3n) is 3.82. The van der Waals surface area contributed by atoms with E-state index in [-0.39, 0.29) is 0 Å². The predicted molar refractivity (Wildman–Crippen MR) is 119 cm³/mol. The van der Waals surface area contributed by atoms with Crippen LogP contribution in [0.2, 0.25) is 0 Å². The van der Waals surface area contributed by atoms with Gasteiger partial charge in [0, 0.05) is 0 Å². The molecule has 24 heavy (non-hydrogen) atoms. The zero-order valence-corrected chi connectivity index (χ0v) is 19.0. The van der Waals surface area contributed by atoms with Crippen LogP contribution in [0.15, 0.2) is 24.3 Å². The van der Waals surface area contributed by atoms with Gasteiger partial charge in [-0.3, -0.25) is 0 Å². The highest BCUT2D eigenvalue weighted by molar-refractivity contribution is 5.10. The third kappa shape index (κ3) is 43.0. The van der Waals surface area contributed by atoms with Gasteiger partial charge in [-0.1, -0.05) is 137 Å². The van der Waals surface area contributed by atoms with Crippen molar-refractivity contribution >= 4 is 0 Å². The standard InChI is InChI=1S/C10H22.C6H10.C6H14.C2H6/c1-4-6-7-9-10(3)8-5-2;1-4-6(3)5-2;1-3-5-6-4-2;1-2/h10H,4-9H2,1-3H3;4-5H,1H2,2-3H3;3-6H2,1-2H3;1-2H3/b;6-5-;;. The minimum Gasteiger partial charge on any atom is -0.0988 e. The van der Waals surface area contributed by atoms with E-state index in [0.717, 1.165) is 5.92 Å². The Balaban J connectivity index is -0.000000124. The Kier molecular flexibility index (Phi) is 44.2. The summed E-state index contributed by atoms with van der Waals surface area (Å²) in [7, 11) is 0. The van der Waals surface area contributed by atoms with Crippen molar-refractivity contribution in [3.63, 3.8) is 0 Å². The normalized spacial score (nSPS) is 11.0. The van der Waals surface area contributed by atoms with Crippen molar-refractivity contribution in [2.75, 3.05) is 0 Å². The second-order valence-electron chi connectivity index (χ2n) is 6.33. The first kappa shape index (κ1) is 31.3. The number of hydrogen-bond donors (Lipinski definition) is 0. The van der Waals surface area contributed by atoms with E-state index < -0.39 is 0 Å². The van der Waals surface area contributed by atoms with Crippen LogP contribution in [0.3, 0.4) is 0 Å². The van der Waals surface area contributed by atoms with Gasteiger partial charge in [0.15, 0.2) is 0 Å². The molecule has 0 saturated carbocycles. The summed E-state index contributed by atoms with van der Waals surface area (Å²) >= 11 is 0. The molecule has 0 radical (unpaired) electrons. The maximum atomic E-state index is 3.56. The van der Waals surface area contributed by atoms with Crippen LogP contribution >= 0.6 is 0 Å². The Morgan fingerprint density at radius 3 is 1.46 bits per heavy atom. The molecule has 1 atom stereocenters. The van der Waals surface area contributed by atoms with Gasteiger partial charge in [-0.15, -0.1) is 0 Å². The van der Waals surface area contributed by atoms with Gasteiger partial charge >= 0.3 is 0 Å². The van der Waals surface area contributed by atoms with E-state index in [1.807, 2.05) is 39.8 Å². The Morgan fingerprint density at radius 1 is 0.792 bits per heavy atom. The monoisotopic (exact) mass is 340 g/mol. The summed E-state index contributed by atoms with van der Waals surface area (Å²) in [6, 6.07) is 0. The molecule has 0 saturated heterocycles. The summed E-state index contributed by atoms with van der Waals surface area (Å²) in [4.78, 5) is 0. The van der Waals surface area contributed by atoms with E-state index in [4.69, 9.17) is 0 Å². The molecule has 0 aliphatic carbocycles. The second kappa shape index (κ2) is 33.9. The summed E-state index contributed by atoms with van der Waals surface area (Å²) < 4.78 is 0. The molecule has 0 bridgehead atoms. The van der Waals surface area contributed by atoms with Crippen molar-refractivity contribution in [3.8, 4) is 0 Å². The molecule has 0 N–H and O–H groups in total. The summed E-state index contributed by atoms with van der Waals surface area (Å²) in [6.07, 6.45) is 17.8. The van der Waals surface area contributed by atoms with Crippen molar-refractivity contribution in [2.45, 2.75) is 127 Å². The average Bonchev–Trinajstić information content (AvgIpc) is 2.62. The lowest BCUT2D eigenvalue weighted by Gasteiger charge is -2.07. The fourth-order valence-electron chi connectivity index (χ4n) is 2.00. The summed E-state index contributed by atoms with van der Waals surface area (Å²) in [5.74, 6) is 0.969. The van der Waals surface area contributed by atoms with E-state index in [0.29, 0.717) is 0 Å². The Labute approximate surface area is 157 Å². The number of rotatable bonds is 10. The van der Waals surface area contributed by atoms with Crippen LogP contribution in [0.1, 0.15) is 127 Å². The van der Waals surface area contributed by atoms with E-state index in [1.165, 1.54) is 69.8 Å². The number of unbranched alkanes of at least 4 members (excludes halogenated alkanes) is 5. The SMILES string of the molecule is C=C/C(C)=C\C.CC.CCCCCC.CCCCCC(C)CCC. The van der Waals surface area contributed by atoms with Gasteiger partial charge in [0.05, 0.1) is 0 Å². The van der Waals surface area contributed by atoms with E-state index >= 15 is 0 Å². The van der Waals surface area contributed by atoms with Crippen LogP contribution in [0, 0.1) is 5.92 Å². The lowest BCUT2D eigenvalue weighted by Crippen LogP contribution is -1.92. The average molecular weight is 341 g/mol. The van der Waals surface area contributed by atoms with Gasteiger partial charge in [-0.2, -0.15) is 0 Å². The lowest BCUT2D eigenvalue weighted by molar-refractivity contribution is 0.459. The maximum Gasteiger partial charge on any atom is -0.0401 e. The number of allylic oxidation sites excluding steroid dienone is 3. The quantitative estimate of drug-likeness (QED) is 0.274. The fraction of sp³-hybridized carbons (Fsp3) is 0.833. The second-order valence-corrected chi connectivity index (χ2v) is 6.33. The molecule has 0 nitrogen and oxygen atoms in total. The largest absolute Gasteiger partial charge is 0.0988 e. The summed E-state index contributed by atoms with van der Waals surface area (Å²) in [5, 5.41) is 0. The van der Waals surface area contributed by atoms with Crippen LogP contribution in [-0.4, -0.2) is 0 Å². The zero-order valence-electron chi connectivity index (χ0n) is 19.0. The number of hydrogen-bond acceptors (Lipinski definition) is 0. The fourth-order valence-corrected chi connectivity index (χ4v) is 2.00. The third-order valence-corrected chi connectivity index (χ3v) is 3.82. The molecule has 0 rings (SSSR count). The topological polar surface area (TPSA) is 0 Å². The van der Waals surface area contributed by atoms with Crippen LogP contribution in [0.4, 0.5) is 0 Å². The first-order valence-corrected chi connectivity index (χ1v) is 10.8. The van der Waals surface area contributed by atoms with Crippen molar-refractivity contribution in [2.24, 2.45) is 5.92 Å². The van der Waals surface area contributed by atoms with E-state index in [2.05, 4.69) is 41.2 Å². The van der Waals surface area contributed by atoms with Gasteiger partial charge in [0.2, 0.25) is 0 Å². The first-order valence-electron chi connectivity index (χ1n) is 10.8. The van der Waals surface area contributed by atoms with E-state index in [9.17, 15) is 0 Å². The van der Waals surface area contributed by atoms with Crippen molar-refractivity contribution < 1.29 is 0 Å². The highest BCUT2D eigenvalue weighted by Gasteiger charge is 1.98. The van der Waals surface area contributed by atoms with Crippen molar-refractivity contribution in [1.29, 1.82) is 0 Å². The molecule has 0 aromatic rings. The maximum absolute atomic E-state index is 3.56. The minimum atomic E-state index is 0.969. The summed E-state index contributed by atoms with van der Waals surface area (Å²) in [6.45, 7) is 23.0. The molecule has 0 amide bonds. The molecular formula is C24H52. The van der Waals surface area contributed by atoms with Gasteiger partial charge in [-0.25, -0.2) is 0 Å². The molecule has 0 heterocycles. The molecule has 0 aliphatic heterocycles. The lowest BCUT2D eigenvalue weighted by atomic mass is 9.99. The molecule has 0 aromatic heterocycles. The molecule has 0 spiro atoms. The van der Waals surface area contributed by atoms with Gasteiger partial charge in [0.1, 0.15) is 0 Å². The molecule has 148 valence electrons. The summed E-state index contributed by atoms with van der Waals surface area (Å²) in [5.41, 5.74) is 1.23. The molecule has 0 fully saturated rings.